The SMILES string of the molecule is COc1cc(C)c(C(=O)N2CCCO[C@@H](C)C2)cc1C(=O)O. The number of benzene rings is 1. The van der Waals surface area contributed by atoms with Crippen molar-refractivity contribution in [1.29, 1.82) is 0 Å². The van der Waals surface area contributed by atoms with Crippen LogP contribution in [0.1, 0.15) is 39.6 Å². The first-order chi connectivity index (χ1) is 10.4. The number of rotatable bonds is 3. The first-order valence-electron chi connectivity index (χ1n) is 7.26. The maximum Gasteiger partial charge on any atom is 0.339 e. The Kier molecular flexibility index (Phi) is 5.03. The molecule has 0 aromatic heterocycles. The van der Waals surface area contributed by atoms with Crippen molar-refractivity contribution in [3.05, 3.63) is 28.8 Å². The Labute approximate surface area is 129 Å². The van der Waals surface area contributed by atoms with Crippen molar-refractivity contribution in [2.45, 2.75) is 26.4 Å². The molecule has 0 bridgehead atoms. The molecule has 1 aliphatic rings. The quantitative estimate of drug-likeness (QED) is 0.923. The fourth-order valence-corrected chi connectivity index (χ4v) is 2.60. The van der Waals surface area contributed by atoms with Crippen molar-refractivity contribution in [1.82, 2.24) is 4.90 Å². The fraction of sp³-hybridized carbons (Fsp3) is 0.500. The topological polar surface area (TPSA) is 76.1 Å². The number of nitrogens with zero attached hydrogens (tertiary/aromatic N) is 1. The molecule has 1 aromatic carbocycles. The molecule has 1 aliphatic heterocycles. The molecule has 2 rings (SSSR count). The van der Waals surface area contributed by atoms with Crippen molar-refractivity contribution in [3.8, 4) is 5.75 Å². The van der Waals surface area contributed by atoms with Gasteiger partial charge < -0.3 is 19.5 Å². The summed E-state index contributed by atoms with van der Waals surface area (Å²) in [4.78, 5) is 25.8. The molecule has 1 atom stereocenters. The normalized spacial score (nSPS) is 18.7. The Morgan fingerprint density at radius 1 is 1.36 bits per heavy atom. The van der Waals surface area contributed by atoms with Crippen LogP contribution in [-0.2, 0) is 4.74 Å². The van der Waals surface area contributed by atoms with Crippen LogP contribution in [0.2, 0.25) is 0 Å². The van der Waals surface area contributed by atoms with E-state index in [1.54, 1.807) is 17.9 Å². The molecule has 1 N–H and O–H groups in total. The van der Waals surface area contributed by atoms with E-state index in [0.717, 1.165) is 6.42 Å². The first-order valence-corrected chi connectivity index (χ1v) is 7.26. The summed E-state index contributed by atoms with van der Waals surface area (Å²) in [5, 5.41) is 9.27. The minimum absolute atomic E-state index is 0.00410. The van der Waals surface area contributed by atoms with Crippen LogP contribution in [0.4, 0.5) is 0 Å². The van der Waals surface area contributed by atoms with Gasteiger partial charge in [-0.1, -0.05) is 0 Å². The van der Waals surface area contributed by atoms with E-state index in [-0.39, 0.29) is 23.3 Å². The van der Waals surface area contributed by atoms with Gasteiger partial charge in [-0.15, -0.1) is 0 Å². The van der Waals surface area contributed by atoms with Gasteiger partial charge >= 0.3 is 5.97 Å². The van der Waals surface area contributed by atoms with Crippen molar-refractivity contribution in [3.63, 3.8) is 0 Å². The predicted octanol–water partition coefficient (Wildman–Crippen LogP) is 1.95. The maximum absolute atomic E-state index is 12.7. The second kappa shape index (κ2) is 6.79. The predicted molar refractivity (Wildman–Crippen MR) is 80.6 cm³/mol. The number of aromatic carboxylic acids is 1. The summed E-state index contributed by atoms with van der Waals surface area (Å²) in [6, 6.07) is 2.99. The minimum atomic E-state index is -1.11. The highest BCUT2D eigenvalue weighted by Crippen LogP contribution is 2.25. The molecule has 0 radical (unpaired) electrons. The number of amides is 1. The summed E-state index contributed by atoms with van der Waals surface area (Å²) in [6.07, 6.45) is 0.751. The number of hydrogen-bond donors (Lipinski definition) is 1. The first kappa shape index (κ1) is 16.3. The Morgan fingerprint density at radius 2 is 2.09 bits per heavy atom. The lowest BCUT2D eigenvalue weighted by molar-refractivity contribution is 0.0562. The van der Waals surface area contributed by atoms with Gasteiger partial charge in [-0.05, 0) is 38.0 Å². The van der Waals surface area contributed by atoms with Crippen LogP contribution in [0.5, 0.6) is 5.75 Å². The van der Waals surface area contributed by atoms with Gasteiger partial charge in [0.25, 0.3) is 5.91 Å². The number of carbonyl (C=O) groups is 2. The summed E-state index contributed by atoms with van der Waals surface area (Å²) < 4.78 is 10.6. The monoisotopic (exact) mass is 307 g/mol. The highest BCUT2D eigenvalue weighted by atomic mass is 16.5. The number of carbonyl (C=O) groups excluding carboxylic acids is 1. The molecule has 1 heterocycles. The van der Waals surface area contributed by atoms with E-state index in [1.807, 2.05) is 6.92 Å². The number of carboxylic acids is 1. The third-order valence-electron chi connectivity index (χ3n) is 3.75. The molecule has 120 valence electrons. The van der Waals surface area contributed by atoms with Gasteiger partial charge in [0.2, 0.25) is 0 Å². The number of aryl methyl sites for hydroxylation is 1. The lowest BCUT2D eigenvalue weighted by Crippen LogP contribution is -2.36. The second-order valence-corrected chi connectivity index (χ2v) is 5.46. The maximum atomic E-state index is 12.7. The van der Waals surface area contributed by atoms with Crippen LogP contribution in [0.15, 0.2) is 12.1 Å². The summed E-state index contributed by atoms with van der Waals surface area (Å²) in [5.74, 6) is -1.02. The largest absolute Gasteiger partial charge is 0.496 e. The van der Waals surface area contributed by atoms with E-state index in [0.29, 0.717) is 30.8 Å². The summed E-state index contributed by atoms with van der Waals surface area (Å²) in [5.41, 5.74) is 1.09. The molecular weight excluding hydrogens is 286 g/mol. The molecule has 1 aromatic rings. The van der Waals surface area contributed by atoms with Crippen molar-refractivity contribution < 1.29 is 24.2 Å². The van der Waals surface area contributed by atoms with E-state index in [1.165, 1.54) is 13.2 Å². The Balaban J connectivity index is 2.36. The molecule has 0 unspecified atom stereocenters. The van der Waals surface area contributed by atoms with E-state index in [4.69, 9.17) is 9.47 Å². The average molecular weight is 307 g/mol. The number of carboxylic acid groups (broad SMARTS) is 1. The third-order valence-corrected chi connectivity index (χ3v) is 3.75. The second-order valence-electron chi connectivity index (χ2n) is 5.46. The van der Waals surface area contributed by atoms with Gasteiger partial charge in [-0.25, -0.2) is 4.79 Å². The van der Waals surface area contributed by atoms with E-state index in [2.05, 4.69) is 0 Å². The Bertz CT molecular complexity index is 584. The van der Waals surface area contributed by atoms with Gasteiger partial charge in [-0.2, -0.15) is 0 Å². The Morgan fingerprint density at radius 3 is 2.73 bits per heavy atom. The fourth-order valence-electron chi connectivity index (χ4n) is 2.60. The van der Waals surface area contributed by atoms with Gasteiger partial charge in [0, 0.05) is 25.3 Å². The molecular formula is C16H21NO5. The summed E-state index contributed by atoms with van der Waals surface area (Å²) >= 11 is 0. The zero-order chi connectivity index (χ0) is 16.3. The van der Waals surface area contributed by atoms with E-state index < -0.39 is 5.97 Å². The van der Waals surface area contributed by atoms with Crippen molar-refractivity contribution in [2.75, 3.05) is 26.8 Å². The van der Waals surface area contributed by atoms with Gasteiger partial charge in [-0.3, -0.25) is 4.79 Å². The number of methoxy groups -OCH3 is 1. The van der Waals surface area contributed by atoms with Crippen LogP contribution in [0.3, 0.4) is 0 Å². The highest BCUT2D eigenvalue weighted by molar-refractivity contribution is 6.00. The highest BCUT2D eigenvalue weighted by Gasteiger charge is 2.24. The van der Waals surface area contributed by atoms with Gasteiger partial charge in [0.05, 0.1) is 13.2 Å². The standard InChI is InChI=1S/C16H21NO5/c1-10-7-14(21-3)13(16(19)20)8-12(10)15(18)17-5-4-6-22-11(2)9-17/h7-8,11H,4-6,9H2,1-3H3,(H,19,20)/t11-/m0/s1. The van der Waals surface area contributed by atoms with Crippen LogP contribution < -0.4 is 4.74 Å². The zero-order valence-electron chi connectivity index (χ0n) is 13.1. The smallest absolute Gasteiger partial charge is 0.339 e. The third kappa shape index (κ3) is 3.39. The van der Waals surface area contributed by atoms with E-state index in [9.17, 15) is 14.7 Å². The lowest BCUT2D eigenvalue weighted by Gasteiger charge is -2.23. The van der Waals surface area contributed by atoms with E-state index >= 15 is 0 Å². The van der Waals surface area contributed by atoms with Crippen LogP contribution in [-0.4, -0.2) is 54.8 Å². The molecule has 1 amide bonds. The molecule has 0 aliphatic carbocycles. The summed E-state index contributed by atoms with van der Waals surface area (Å²) in [7, 11) is 1.41. The van der Waals surface area contributed by atoms with Crippen molar-refractivity contribution >= 4 is 11.9 Å². The van der Waals surface area contributed by atoms with Gasteiger partial charge in [0.15, 0.2) is 0 Å². The van der Waals surface area contributed by atoms with Crippen LogP contribution >= 0.6 is 0 Å². The van der Waals surface area contributed by atoms with Crippen molar-refractivity contribution in [2.24, 2.45) is 0 Å². The number of ether oxygens (including phenoxy) is 2. The lowest BCUT2D eigenvalue weighted by atomic mass is 10.0. The average Bonchev–Trinajstić information content (AvgIpc) is 2.70. The minimum Gasteiger partial charge on any atom is -0.496 e. The molecule has 22 heavy (non-hydrogen) atoms. The number of hydrogen-bond acceptors (Lipinski definition) is 4. The van der Waals surface area contributed by atoms with Crippen LogP contribution in [0, 0.1) is 6.92 Å². The molecule has 1 saturated heterocycles. The molecule has 6 nitrogen and oxygen atoms in total. The molecule has 0 saturated carbocycles. The molecule has 0 spiro atoms. The zero-order valence-corrected chi connectivity index (χ0v) is 13.1. The van der Waals surface area contributed by atoms with Gasteiger partial charge in [0.1, 0.15) is 11.3 Å². The Hall–Kier alpha value is -2.08. The molecule has 1 fully saturated rings. The summed E-state index contributed by atoms with van der Waals surface area (Å²) in [6.45, 7) is 5.45. The van der Waals surface area contributed by atoms with Crippen LogP contribution in [0.25, 0.3) is 0 Å². The molecule has 6 heteroatoms.